The van der Waals surface area contributed by atoms with Crippen molar-refractivity contribution in [3.05, 3.63) is 28.8 Å². The summed E-state index contributed by atoms with van der Waals surface area (Å²) < 4.78 is 5.61. The summed E-state index contributed by atoms with van der Waals surface area (Å²) in [6, 6.07) is 4.53. The Balaban J connectivity index is 1.83. The molecule has 5 heteroatoms. The van der Waals surface area contributed by atoms with Gasteiger partial charge in [-0.1, -0.05) is 18.0 Å². The van der Waals surface area contributed by atoms with E-state index in [9.17, 15) is 4.79 Å². The molecule has 0 saturated carbocycles. The maximum atomic E-state index is 10.8. The van der Waals surface area contributed by atoms with E-state index in [2.05, 4.69) is 4.90 Å². The van der Waals surface area contributed by atoms with Crippen molar-refractivity contribution < 1.29 is 14.6 Å². The van der Waals surface area contributed by atoms with Gasteiger partial charge in [0.15, 0.2) is 0 Å². The summed E-state index contributed by atoms with van der Waals surface area (Å²) >= 11 is 5.99. The van der Waals surface area contributed by atoms with Gasteiger partial charge < -0.3 is 9.84 Å². The predicted octanol–water partition coefficient (Wildman–Crippen LogP) is 2.90. The fourth-order valence-corrected chi connectivity index (χ4v) is 2.45. The Morgan fingerprint density at radius 1 is 1.32 bits per heavy atom. The number of hydrogen-bond acceptors (Lipinski definition) is 3. The number of ether oxygens (including phenoxy) is 1. The fourth-order valence-electron chi connectivity index (χ4n) is 2.22. The molecule has 0 atom stereocenters. The molecule has 19 heavy (non-hydrogen) atoms. The first-order valence-electron chi connectivity index (χ1n) is 6.55. The molecule has 1 aliphatic rings. The predicted molar refractivity (Wildman–Crippen MR) is 74.2 cm³/mol. The van der Waals surface area contributed by atoms with Gasteiger partial charge in [-0.2, -0.15) is 0 Å². The number of carbonyl (C=O) groups is 1. The van der Waals surface area contributed by atoms with Crippen molar-refractivity contribution in [1.82, 2.24) is 4.90 Å². The number of benzene rings is 1. The first-order valence-corrected chi connectivity index (χ1v) is 6.92. The van der Waals surface area contributed by atoms with Crippen LogP contribution in [0.5, 0.6) is 5.75 Å². The lowest BCUT2D eigenvalue weighted by Gasteiger charge is -2.26. The Bertz CT molecular complexity index is 444. The molecule has 0 unspecified atom stereocenters. The Kier molecular flexibility index (Phi) is 5.05. The third-order valence-corrected chi connectivity index (χ3v) is 3.59. The van der Waals surface area contributed by atoms with Crippen molar-refractivity contribution >= 4 is 17.6 Å². The lowest BCUT2D eigenvalue weighted by atomic mass is 10.1. The number of carboxylic acid groups (broad SMARTS) is 1. The van der Waals surface area contributed by atoms with Gasteiger partial charge in [-0.3, -0.25) is 4.90 Å². The minimum atomic E-state index is -0.984. The molecule has 2 rings (SSSR count). The van der Waals surface area contributed by atoms with E-state index in [1.165, 1.54) is 31.4 Å². The van der Waals surface area contributed by atoms with Crippen LogP contribution in [0, 0.1) is 0 Å². The standard InChI is InChI=1S/C14H18ClNO3/c15-12-10-11(14(17)18)4-5-13(12)19-9-8-16-6-2-1-3-7-16/h4-5,10H,1-3,6-9H2,(H,17,18). The second kappa shape index (κ2) is 6.78. The highest BCUT2D eigenvalue weighted by atomic mass is 35.5. The lowest BCUT2D eigenvalue weighted by Crippen LogP contribution is -2.33. The highest BCUT2D eigenvalue weighted by molar-refractivity contribution is 6.32. The maximum Gasteiger partial charge on any atom is 0.335 e. The van der Waals surface area contributed by atoms with E-state index in [4.69, 9.17) is 21.4 Å². The van der Waals surface area contributed by atoms with Gasteiger partial charge in [0.05, 0.1) is 10.6 Å². The number of rotatable bonds is 5. The molecule has 104 valence electrons. The molecule has 1 aliphatic heterocycles. The molecule has 1 aromatic carbocycles. The van der Waals surface area contributed by atoms with Crippen LogP contribution >= 0.6 is 11.6 Å². The van der Waals surface area contributed by atoms with E-state index < -0.39 is 5.97 Å². The third kappa shape index (κ3) is 4.11. The quantitative estimate of drug-likeness (QED) is 0.903. The number of likely N-dealkylation sites (tertiary alicyclic amines) is 1. The van der Waals surface area contributed by atoms with Crippen molar-refractivity contribution in [2.45, 2.75) is 19.3 Å². The van der Waals surface area contributed by atoms with Crippen LogP contribution in [0.4, 0.5) is 0 Å². The molecule has 1 heterocycles. The number of carboxylic acids is 1. The van der Waals surface area contributed by atoms with Gasteiger partial charge in [0.2, 0.25) is 0 Å². The van der Waals surface area contributed by atoms with Crippen LogP contribution in [0.15, 0.2) is 18.2 Å². The lowest BCUT2D eigenvalue weighted by molar-refractivity contribution is 0.0697. The minimum Gasteiger partial charge on any atom is -0.491 e. The average Bonchev–Trinajstić information content (AvgIpc) is 2.41. The number of piperidine rings is 1. The van der Waals surface area contributed by atoms with E-state index in [0.717, 1.165) is 19.6 Å². The molecule has 1 N–H and O–H groups in total. The van der Waals surface area contributed by atoms with Crippen molar-refractivity contribution in [3.8, 4) is 5.75 Å². The smallest absolute Gasteiger partial charge is 0.335 e. The van der Waals surface area contributed by atoms with Crippen molar-refractivity contribution in [2.75, 3.05) is 26.2 Å². The van der Waals surface area contributed by atoms with Crippen LogP contribution < -0.4 is 4.74 Å². The normalized spacial score (nSPS) is 16.3. The molecule has 0 radical (unpaired) electrons. The third-order valence-electron chi connectivity index (χ3n) is 3.29. The Hall–Kier alpha value is -1.26. The zero-order valence-corrected chi connectivity index (χ0v) is 11.5. The van der Waals surface area contributed by atoms with Gasteiger partial charge in [-0.25, -0.2) is 4.79 Å². The zero-order chi connectivity index (χ0) is 13.7. The molecule has 4 nitrogen and oxygen atoms in total. The number of nitrogens with zero attached hydrogens (tertiary/aromatic N) is 1. The van der Waals surface area contributed by atoms with Crippen molar-refractivity contribution in [2.24, 2.45) is 0 Å². The minimum absolute atomic E-state index is 0.174. The van der Waals surface area contributed by atoms with Gasteiger partial charge in [0, 0.05) is 6.54 Å². The molecule has 1 fully saturated rings. The summed E-state index contributed by atoms with van der Waals surface area (Å²) in [7, 11) is 0. The average molecular weight is 284 g/mol. The second-order valence-corrected chi connectivity index (χ2v) is 5.11. The first-order chi connectivity index (χ1) is 9.16. The van der Waals surface area contributed by atoms with E-state index in [1.807, 2.05) is 0 Å². The summed E-state index contributed by atoms with van der Waals surface area (Å²) in [6.45, 7) is 3.73. The zero-order valence-electron chi connectivity index (χ0n) is 10.8. The van der Waals surface area contributed by atoms with Crippen LogP contribution in [-0.2, 0) is 0 Å². The Labute approximate surface area is 117 Å². The van der Waals surface area contributed by atoms with Crippen LogP contribution in [0.25, 0.3) is 0 Å². The first kappa shape index (κ1) is 14.2. The summed E-state index contributed by atoms with van der Waals surface area (Å²) in [5, 5.41) is 9.19. The molecular weight excluding hydrogens is 266 g/mol. The molecule has 0 aromatic heterocycles. The van der Waals surface area contributed by atoms with Crippen molar-refractivity contribution in [1.29, 1.82) is 0 Å². The molecule has 0 amide bonds. The highest BCUT2D eigenvalue weighted by Gasteiger charge is 2.11. The van der Waals surface area contributed by atoms with Crippen LogP contribution in [0.1, 0.15) is 29.6 Å². The molecule has 0 bridgehead atoms. The van der Waals surface area contributed by atoms with Crippen LogP contribution in [0.2, 0.25) is 5.02 Å². The number of aromatic carboxylic acids is 1. The van der Waals surface area contributed by atoms with E-state index in [0.29, 0.717) is 17.4 Å². The monoisotopic (exact) mass is 283 g/mol. The van der Waals surface area contributed by atoms with E-state index in [1.54, 1.807) is 6.07 Å². The molecular formula is C14H18ClNO3. The van der Waals surface area contributed by atoms with Gasteiger partial charge in [0.1, 0.15) is 12.4 Å². The van der Waals surface area contributed by atoms with Crippen molar-refractivity contribution in [3.63, 3.8) is 0 Å². The molecule has 1 saturated heterocycles. The summed E-state index contributed by atoms with van der Waals surface area (Å²) in [5.74, 6) is -0.439. The molecule has 0 spiro atoms. The number of hydrogen-bond donors (Lipinski definition) is 1. The second-order valence-electron chi connectivity index (χ2n) is 4.70. The van der Waals surface area contributed by atoms with Gasteiger partial charge in [-0.15, -0.1) is 0 Å². The summed E-state index contributed by atoms with van der Waals surface area (Å²) in [5.41, 5.74) is 0.174. The molecule has 0 aliphatic carbocycles. The summed E-state index contributed by atoms with van der Waals surface area (Å²) in [4.78, 5) is 13.2. The molecule has 1 aromatic rings. The largest absolute Gasteiger partial charge is 0.491 e. The highest BCUT2D eigenvalue weighted by Crippen LogP contribution is 2.25. The van der Waals surface area contributed by atoms with Crippen LogP contribution in [-0.4, -0.2) is 42.2 Å². The van der Waals surface area contributed by atoms with Gasteiger partial charge in [0.25, 0.3) is 0 Å². The van der Waals surface area contributed by atoms with E-state index in [-0.39, 0.29) is 5.56 Å². The Morgan fingerprint density at radius 3 is 2.68 bits per heavy atom. The van der Waals surface area contributed by atoms with Crippen LogP contribution in [0.3, 0.4) is 0 Å². The van der Waals surface area contributed by atoms with Gasteiger partial charge in [-0.05, 0) is 44.1 Å². The fraction of sp³-hybridized carbons (Fsp3) is 0.500. The number of halogens is 1. The SMILES string of the molecule is O=C(O)c1ccc(OCCN2CCCCC2)c(Cl)c1. The Morgan fingerprint density at radius 2 is 2.05 bits per heavy atom. The summed E-state index contributed by atoms with van der Waals surface area (Å²) in [6.07, 6.45) is 3.84. The maximum absolute atomic E-state index is 10.8. The van der Waals surface area contributed by atoms with E-state index >= 15 is 0 Å². The van der Waals surface area contributed by atoms with Gasteiger partial charge >= 0.3 is 5.97 Å². The topological polar surface area (TPSA) is 49.8 Å².